The maximum atomic E-state index is 13.3. The Morgan fingerprint density at radius 2 is 1.42 bits per heavy atom. The van der Waals surface area contributed by atoms with Gasteiger partial charge in [0.15, 0.2) is 0 Å². The molecule has 1 N–H and O–H groups in total. The fourth-order valence-electron chi connectivity index (χ4n) is 3.11. The van der Waals surface area contributed by atoms with E-state index >= 15 is 0 Å². The number of amides is 1. The van der Waals surface area contributed by atoms with Crippen molar-refractivity contribution in [2.75, 3.05) is 38.1 Å². The molecule has 1 amide bonds. The minimum absolute atomic E-state index is 0.0517. The minimum Gasteiger partial charge on any atom is -0.492 e. The van der Waals surface area contributed by atoms with Crippen LogP contribution in [0.25, 0.3) is 0 Å². The fourth-order valence-corrected chi connectivity index (χ4v) is 5.58. The Morgan fingerprint density at radius 1 is 0.833 bits per heavy atom. The summed E-state index contributed by atoms with van der Waals surface area (Å²) in [7, 11) is -4.66. The quantitative estimate of drug-likeness (QED) is 0.367. The van der Waals surface area contributed by atoms with Gasteiger partial charge in [-0.05, 0) is 60.7 Å². The summed E-state index contributed by atoms with van der Waals surface area (Å²) in [5, 5.41) is 3.07. The lowest BCUT2D eigenvalue weighted by atomic mass is 10.3. The molecule has 36 heavy (non-hydrogen) atoms. The molecule has 9 nitrogen and oxygen atoms in total. The summed E-state index contributed by atoms with van der Waals surface area (Å²) in [5.41, 5.74) is 0.294. The Labute approximate surface area is 216 Å². The zero-order valence-electron chi connectivity index (χ0n) is 19.7. The van der Waals surface area contributed by atoms with Gasteiger partial charge < -0.3 is 10.1 Å². The molecule has 0 saturated heterocycles. The first kappa shape index (κ1) is 27.5. The van der Waals surface area contributed by atoms with E-state index < -0.39 is 32.5 Å². The second-order valence-corrected chi connectivity index (χ2v) is 12.2. The monoisotopic (exact) mass is 551 g/mol. The molecule has 0 saturated carbocycles. The summed E-state index contributed by atoms with van der Waals surface area (Å²) in [6.45, 7) is -0.246. The molecule has 0 atom stereocenters. The average Bonchev–Trinajstić information content (AvgIpc) is 2.86. The summed E-state index contributed by atoms with van der Waals surface area (Å²) in [5.74, 6) is -0.100. The first-order chi connectivity index (χ1) is 17.0. The molecule has 0 aliphatic carbocycles. The smallest absolute Gasteiger partial charge is 0.264 e. The number of carbonyl (C=O) groups excluding carboxylic acids is 1. The van der Waals surface area contributed by atoms with Gasteiger partial charge in [-0.15, -0.1) is 0 Å². The van der Waals surface area contributed by atoms with Crippen LogP contribution in [0.5, 0.6) is 5.75 Å². The maximum Gasteiger partial charge on any atom is 0.264 e. The highest BCUT2D eigenvalue weighted by Gasteiger charge is 2.27. The molecule has 12 heteroatoms. The van der Waals surface area contributed by atoms with E-state index in [4.69, 9.17) is 16.3 Å². The van der Waals surface area contributed by atoms with E-state index in [0.29, 0.717) is 16.5 Å². The second-order valence-electron chi connectivity index (χ2n) is 7.76. The molecule has 0 aliphatic heterocycles. The SMILES string of the molecule is CN(C)S(=O)(=O)c1ccc(OCCNC(=O)CN(c2ccc(Cl)cc2)S(=O)(=O)c2ccccc2)cc1. The van der Waals surface area contributed by atoms with Gasteiger partial charge in [0.2, 0.25) is 15.9 Å². The molecule has 3 aromatic rings. The first-order valence-corrected chi connectivity index (χ1v) is 14.0. The van der Waals surface area contributed by atoms with Crippen molar-refractivity contribution in [3.05, 3.63) is 83.9 Å². The standard InChI is InChI=1S/C24H26ClN3O6S2/c1-27(2)35(30,31)23-14-12-21(13-15-23)34-17-16-26-24(29)18-28(20-10-8-19(25)9-11-20)36(32,33)22-6-4-3-5-7-22/h3-15H,16-18H2,1-2H3,(H,26,29). The van der Waals surface area contributed by atoms with Gasteiger partial charge in [-0.3, -0.25) is 9.10 Å². The van der Waals surface area contributed by atoms with Crippen molar-refractivity contribution < 1.29 is 26.4 Å². The number of nitrogens with one attached hydrogen (secondary N) is 1. The summed E-state index contributed by atoms with van der Waals surface area (Å²) in [6, 6.07) is 19.9. The summed E-state index contributed by atoms with van der Waals surface area (Å²) < 4.78 is 58.4. The summed E-state index contributed by atoms with van der Waals surface area (Å²) in [4.78, 5) is 12.8. The van der Waals surface area contributed by atoms with Crippen LogP contribution in [0.1, 0.15) is 0 Å². The molecule has 3 aromatic carbocycles. The zero-order chi connectivity index (χ0) is 26.3. The van der Waals surface area contributed by atoms with Crippen molar-refractivity contribution in [1.29, 1.82) is 0 Å². The van der Waals surface area contributed by atoms with Crippen LogP contribution in [0.3, 0.4) is 0 Å². The molecule has 0 unspecified atom stereocenters. The van der Waals surface area contributed by atoms with Gasteiger partial charge in [-0.1, -0.05) is 29.8 Å². The topological polar surface area (TPSA) is 113 Å². The molecule has 0 radical (unpaired) electrons. The van der Waals surface area contributed by atoms with E-state index in [0.717, 1.165) is 8.61 Å². The number of nitrogens with zero attached hydrogens (tertiary/aromatic N) is 2. The first-order valence-electron chi connectivity index (χ1n) is 10.8. The number of hydrogen-bond donors (Lipinski definition) is 1. The third-order valence-electron chi connectivity index (χ3n) is 5.03. The molecule has 0 heterocycles. The molecular formula is C24H26ClN3O6S2. The number of carbonyl (C=O) groups is 1. The molecule has 0 bridgehead atoms. The Bertz CT molecular complexity index is 1380. The van der Waals surface area contributed by atoms with Crippen LogP contribution in [-0.4, -0.2) is 60.8 Å². The molecule has 192 valence electrons. The molecule has 0 aromatic heterocycles. The van der Waals surface area contributed by atoms with Crippen LogP contribution in [0.2, 0.25) is 5.02 Å². The normalized spacial score (nSPS) is 11.8. The Hall–Kier alpha value is -3.12. The van der Waals surface area contributed by atoms with Crippen molar-refractivity contribution in [1.82, 2.24) is 9.62 Å². The Morgan fingerprint density at radius 3 is 2.00 bits per heavy atom. The van der Waals surface area contributed by atoms with Crippen LogP contribution in [0.15, 0.2) is 88.7 Å². The van der Waals surface area contributed by atoms with Crippen LogP contribution in [-0.2, 0) is 24.8 Å². The van der Waals surface area contributed by atoms with Gasteiger partial charge in [-0.25, -0.2) is 21.1 Å². The predicted octanol–water partition coefficient (Wildman–Crippen LogP) is 2.98. The molecule has 0 fully saturated rings. The Balaban J connectivity index is 1.62. The van der Waals surface area contributed by atoms with Gasteiger partial charge in [0.05, 0.1) is 22.0 Å². The molecule has 3 rings (SSSR count). The number of hydrogen-bond acceptors (Lipinski definition) is 6. The van der Waals surface area contributed by atoms with E-state index in [-0.39, 0.29) is 22.9 Å². The van der Waals surface area contributed by atoms with E-state index in [9.17, 15) is 21.6 Å². The average molecular weight is 552 g/mol. The lowest BCUT2D eigenvalue weighted by molar-refractivity contribution is -0.119. The highest BCUT2D eigenvalue weighted by atomic mass is 35.5. The molecule has 0 spiro atoms. The third kappa shape index (κ3) is 6.76. The minimum atomic E-state index is -4.01. The van der Waals surface area contributed by atoms with Crippen molar-refractivity contribution in [3.63, 3.8) is 0 Å². The van der Waals surface area contributed by atoms with Crippen molar-refractivity contribution in [3.8, 4) is 5.75 Å². The second kappa shape index (κ2) is 11.7. The van der Waals surface area contributed by atoms with Crippen molar-refractivity contribution in [2.24, 2.45) is 0 Å². The number of benzene rings is 3. The van der Waals surface area contributed by atoms with E-state index in [1.165, 1.54) is 62.6 Å². The van der Waals surface area contributed by atoms with Crippen LogP contribution in [0.4, 0.5) is 5.69 Å². The highest BCUT2D eigenvalue weighted by Crippen LogP contribution is 2.25. The van der Waals surface area contributed by atoms with E-state index in [1.54, 1.807) is 30.3 Å². The zero-order valence-corrected chi connectivity index (χ0v) is 22.1. The van der Waals surface area contributed by atoms with Crippen molar-refractivity contribution in [2.45, 2.75) is 9.79 Å². The van der Waals surface area contributed by atoms with Gasteiger partial charge in [-0.2, -0.15) is 0 Å². The lowest BCUT2D eigenvalue weighted by Crippen LogP contribution is -2.41. The lowest BCUT2D eigenvalue weighted by Gasteiger charge is -2.24. The van der Waals surface area contributed by atoms with Gasteiger partial charge >= 0.3 is 0 Å². The van der Waals surface area contributed by atoms with Crippen LogP contribution >= 0.6 is 11.6 Å². The number of sulfonamides is 2. The number of rotatable bonds is 11. The number of halogens is 1. The number of ether oxygens (including phenoxy) is 1. The van der Waals surface area contributed by atoms with Gasteiger partial charge in [0.1, 0.15) is 18.9 Å². The third-order valence-corrected chi connectivity index (χ3v) is 8.90. The molecule has 0 aliphatic rings. The fraction of sp³-hybridized carbons (Fsp3) is 0.208. The van der Waals surface area contributed by atoms with Crippen LogP contribution in [0, 0.1) is 0 Å². The van der Waals surface area contributed by atoms with E-state index in [1.807, 2.05) is 0 Å². The maximum absolute atomic E-state index is 13.3. The molecular weight excluding hydrogens is 526 g/mol. The summed E-state index contributed by atoms with van der Waals surface area (Å²) >= 11 is 5.94. The highest BCUT2D eigenvalue weighted by molar-refractivity contribution is 7.92. The largest absolute Gasteiger partial charge is 0.492 e. The van der Waals surface area contributed by atoms with Gasteiger partial charge in [0.25, 0.3) is 10.0 Å². The predicted molar refractivity (Wildman–Crippen MR) is 138 cm³/mol. The Kier molecular flexibility index (Phi) is 8.96. The number of anilines is 1. The summed E-state index contributed by atoms with van der Waals surface area (Å²) in [6.07, 6.45) is 0. The van der Waals surface area contributed by atoms with Crippen LogP contribution < -0.4 is 14.4 Å². The van der Waals surface area contributed by atoms with Crippen molar-refractivity contribution >= 4 is 43.2 Å². The van der Waals surface area contributed by atoms with Gasteiger partial charge in [0, 0.05) is 19.1 Å². The van der Waals surface area contributed by atoms with E-state index in [2.05, 4.69) is 5.32 Å².